The van der Waals surface area contributed by atoms with Crippen LogP contribution in [-0.4, -0.2) is 45.9 Å². The number of rotatable bonds is 3. The molecule has 0 radical (unpaired) electrons. The molecule has 2 fully saturated rings. The Labute approximate surface area is 140 Å². The molecule has 2 aliphatic heterocycles. The Kier molecular flexibility index (Phi) is 3.47. The molecule has 1 aromatic heterocycles. The molecule has 128 valence electrons. The summed E-state index contributed by atoms with van der Waals surface area (Å²) in [4.78, 5) is 42.0. The summed E-state index contributed by atoms with van der Waals surface area (Å²) in [6.45, 7) is 4.39. The number of carbonyl (C=O) groups is 2. The van der Waals surface area contributed by atoms with Crippen molar-refractivity contribution in [3.05, 3.63) is 27.9 Å². The summed E-state index contributed by atoms with van der Waals surface area (Å²) in [5, 5.41) is 2.83. The number of aromatic nitrogens is 2. The van der Waals surface area contributed by atoms with Gasteiger partial charge in [-0.05, 0) is 25.2 Å². The second-order valence-electron chi connectivity index (χ2n) is 7.52. The molecule has 2 amide bonds. The van der Waals surface area contributed by atoms with E-state index in [2.05, 4.69) is 10.3 Å². The Morgan fingerprint density at radius 1 is 1.38 bits per heavy atom. The summed E-state index contributed by atoms with van der Waals surface area (Å²) in [5.41, 5.74) is -0.368. The van der Waals surface area contributed by atoms with Crippen molar-refractivity contribution in [2.24, 2.45) is 11.3 Å². The lowest BCUT2D eigenvalue weighted by Gasteiger charge is -2.22. The molecule has 1 unspecified atom stereocenters. The highest BCUT2D eigenvalue weighted by Gasteiger charge is 2.44. The Balaban J connectivity index is 1.53. The first kappa shape index (κ1) is 15.4. The van der Waals surface area contributed by atoms with Gasteiger partial charge in [0.05, 0.1) is 0 Å². The van der Waals surface area contributed by atoms with Crippen LogP contribution in [0.3, 0.4) is 0 Å². The normalized spacial score (nSPS) is 25.1. The average molecular weight is 330 g/mol. The smallest absolute Gasteiger partial charge is 0.285 e. The zero-order chi connectivity index (χ0) is 16.9. The van der Waals surface area contributed by atoms with E-state index in [-0.39, 0.29) is 22.8 Å². The summed E-state index contributed by atoms with van der Waals surface area (Å²) in [7, 11) is 0. The number of amides is 2. The van der Waals surface area contributed by atoms with Gasteiger partial charge in [0.25, 0.3) is 11.5 Å². The number of fused-ring (bicyclic) bond motifs is 1. The maximum atomic E-state index is 12.2. The van der Waals surface area contributed by atoms with Crippen LogP contribution in [0.15, 0.2) is 11.0 Å². The van der Waals surface area contributed by atoms with E-state index in [4.69, 9.17) is 0 Å². The lowest BCUT2D eigenvalue weighted by atomic mass is 9.86. The minimum atomic E-state index is -0.451. The topological polar surface area (TPSA) is 84.3 Å². The maximum Gasteiger partial charge on any atom is 0.285 e. The summed E-state index contributed by atoms with van der Waals surface area (Å²) in [5.74, 6) is 1.06. The van der Waals surface area contributed by atoms with Crippen molar-refractivity contribution in [2.45, 2.75) is 39.2 Å². The third-order valence-electron chi connectivity index (χ3n) is 5.49. The minimum absolute atomic E-state index is 0.0405. The standard InChI is InChI=1S/C17H22N4O3/c1-11(22)20-5-4-17(9-20)6-14-19-16(24)13(8-21(14)10-17)15(23)18-7-12-2-3-12/h8,12H,2-7,9-10H2,1H3,(H,18,23). The molecule has 7 nitrogen and oxygen atoms in total. The van der Waals surface area contributed by atoms with E-state index in [1.165, 1.54) is 0 Å². The van der Waals surface area contributed by atoms with Crippen LogP contribution in [-0.2, 0) is 17.8 Å². The van der Waals surface area contributed by atoms with Crippen LogP contribution in [0.1, 0.15) is 42.4 Å². The quantitative estimate of drug-likeness (QED) is 0.857. The molecule has 7 heteroatoms. The molecule has 24 heavy (non-hydrogen) atoms. The minimum Gasteiger partial charge on any atom is -0.352 e. The first-order chi connectivity index (χ1) is 11.5. The molecule has 1 N–H and O–H groups in total. The van der Waals surface area contributed by atoms with E-state index < -0.39 is 5.56 Å². The molecule has 1 atom stereocenters. The fraction of sp³-hybridized carbons (Fsp3) is 0.647. The average Bonchev–Trinajstić information content (AvgIpc) is 3.18. The zero-order valence-electron chi connectivity index (χ0n) is 13.9. The van der Waals surface area contributed by atoms with Gasteiger partial charge in [-0.25, -0.2) is 0 Å². The van der Waals surface area contributed by atoms with Crippen molar-refractivity contribution in [1.82, 2.24) is 19.8 Å². The van der Waals surface area contributed by atoms with Gasteiger partial charge in [-0.1, -0.05) is 0 Å². The molecule has 1 saturated carbocycles. The first-order valence-corrected chi connectivity index (χ1v) is 8.60. The number of nitrogens with zero attached hydrogens (tertiary/aromatic N) is 3. The predicted molar refractivity (Wildman–Crippen MR) is 86.6 cm³/mol. The second kappa shape index (κ2) is 5.43. The summed E-state index contributed by atoms with van der Waals surface area (Å²) in [6, 6.07) is 0. The van der Waals surface area contributed by atoms with Crippen LogP contribution in [0.4, 0.5) is 0 Å². The molecule has 3 aliphatic rings. The van der Waals surface area contributed by atoms with Gasteiger partial charge in [0.2, 0.25) is 5.91 Å². The second-order valence-corrected chi connectivity index (χ2v) is 7.52. The van der Waals surface area contributed by atoms with Crippen molar-refractivity contribution in [3.63, 3.8) is 0 Å². The Morgan fingerprint density at radius 3 is 2.83 bits per heavy atom. The van der Waals surface area contributed by atoms with E-state index in [0.29, 0.717) is 32.0 Å². The lowest BCUT2D eigenvalue weighted by Crippen LogP contribution is -2.32. The van der Waals surface area contributed by atoms with E-state index in [0.717, 1.165) is 31.6 Å². The van der Waals surface area contributed by atoms with Gasteiger partial charge >= 0.3 is 0 Å². The van der Waals surface area contributed by atoms with Crippen LogP contribution < -0.4 is 10.9 Å². The van der Waals surface area contributed by atoms with Gasteiger partial charge < -0.3 is 14.8 Å². The lowest BCUT2D eigenvalue weighted by molar-refractivity contribution is -0.128. The fourth-order valence-electron chi connectivity index (χ4n) is 3.85. The number of carbonyl (C=O) groups excluding carboxylic acids is 2. The van der Waals surface area contributed by atoms with Crippen molar-refractivity contribution in [2.75, 3.05) is 19.6 Å². The largest absolute Gasteiger partial charge is 0.352 e. The molecular formula is C17H22N4O3. The van der Waals surface area contributed by atoms with Gasteiger partial charge in [0.1, 0.15) is 11.4 Å². The van der Waals surface area contributed by atoms with Gasteiger partial charge in [-0.3, -0.25) is 14.4 Å². The highest BCUT2D eigenvalue weighted by atomic mass is 16.2. The molecule has 3 heterocycles. The fourth-order valence-corrected chi connectivity index (χ4v) is 3.85. The number of likely N-dealkylation sites (tertiary alicyclic amines) is 1. The highest BCUT2D eigenvalue weighted by Crippen LogP contribution is 2.39. The third-order valence-corrected chi connectivity index (χ3v) is 5.49. The van der Waals surface area contributed by atoms with Crippen LogP contribution >= 0.6 is 0 Å². The predicted octanol–water partition coefficient (Wildman–Crippen LogP) is 0.178. The molecule has 0 bridgehead atoms. The Morgan fingerprint density at radius 2 is 2.17 bits per heavy atom. The SMILES string of the molecule is CC(=O)N1CCC2(Cc3nc(=O)c(C(=O)NCC4CC4)cn3C2)C1. The maximum absolute atomic E-state index is 12.2. The van der Waals surface area contributed by atoms with Crippen molar-refractivity contribution >= 4 is 11.8 Å². The molecule has 1 spiro atoms. The first-order valence-electron chi connectivity index (χ1n) is 8.60. The van der Waals surface area contributed by atoms with Gasteiger partial charge in [-0.15, -0.1) is 0 Å². The number of hydrogen-bond acceptors (Lipinski definition) is 4. The van der Waals surface area contributed by atoms with E-state index in [9.17, 15) is 14.4 Å². The monoisotopic (exact) mass is 330 g/mol. The van der Waals surface area contributed by atoms with Crippen LogP contribution in [0.25, 0.3) is 0 Å². The number of nitrogens with one attached hydrogen (secondary N) is 1. The Bertz CT molecular complexity index is 768. The molecule has 1 aliphatic carbocycles. The van der Waals surface area contributed by atoms with Crippen LogP contribution in [0.2, 0.25) is 0 Å². The molecule has 1 saturated heterocycles. The summed E-state index contributed by atoms with van der Waals surface area (Å²) < 4.78 is 1.93. The summed E-state index contributed by atoms with van der Waals surface area (Å²) >= 11 is 0. The van der Waals surface area contributed by atoms with E-state index >= 15 is 0 Å². The van der Waals surface area contributed by atoms with Crippen LogP contribution in [0.5, 0.6) is 0 Å². The molecular weight excluding hydrogens is 308 g/mol. The van der Waals surface area contributed by atoms with E-state index in [1.807, 2.05) is 9.47 Å². The van der Waals surface area contributed by atoms with Crippen molar-refractivity contribution in [3.8, 4) is 0 Å². The van der Waals surface area contributed by atoms with Crippen molar-refractivity contribution in [1.29, 1.82) is 0 Å². The van der Waals surface area contributed by atoms with Gasteiger partial charge in [0.15, 0.2) is 0 Å². The number of hydrogen-bond donors (Lipinski definition) is 1. The molecule has 0 aromatic carbocycles. The molecule has 1 aromatic rings. The van der Waals surface area contributed by atoms with E-state index in [1.54, 1.807) is 13.1 Å². The van der Waals surface area contributed by atoms with Gasteiger partial charge in [-0.2, -0.15) is 4.98 Å². The Hall–Kier alpha value is -2.18. The van der Waals surface area contributed by atoms with Crippen molar-refractivity contribution < 1.29 is 9.59 Å². The zero-order valence-corrected chi connectivity index (χ0v) is 13.9. The molecule has 4 rings (SSSR count). The van der Waals surface area contributed by atoms with Crippen LogP contribution in [0, 0.1) is 11.3 Å². The third kappa shape index (κ3) is 2.72. The highest BCUT2D eigenvalue weighted by molar-refractivity contribution is 5.93. The van der Waals surface area contributed by atoms with Gasteiger partial charge in [0, 0.05) is 51.1 Å². The summed E-state index contributed by atoms with van der Waals surface area (Å²) in [6.07, 6.45) is 5.55.